The summed E-state index contributed by atoms with van der Waals surface area (Å²) in [5, 5.41) is 5.99. The zero-order chi connectivity index (χ0) is 16.6. The maximum Gasteiger partial charge on any atom is 0.277 e. The van der Waals surface area contributed by atoms with E-state index in [1.54, 1.807) is 24.5 Å². The van der Waals surface area contributed by atoms with Crippen LogP contribution < -0.4 is 10.2 Å². The van der Waals surface area contributed by atoms with E-state index >= 15 is 0 Å². The third kappa shape index (κ3) is 4.33. The average molecular weight is 320 g/mol. The number of allylic oxidation sites excluding steroid dienone is 1. The smallest absolute Gasteiger partial charge is 0.277 e. The van der Waals surface area contributed by atoms with Crippen molar-refractivity contribution in [2.45, 2.75) is 0 Å². The van der Waals surface area contributed by atoms with E-state index in [0.29, 0.717) is 11.5 Å². The minimum absolute atomic E-state index is 0.0996. The Kier molecular flexibility index (Phi) is 5.04. The molecule has 0 fully saturated rings. The molecule has 0 aliphatic rings. The van der Waals surface area contributed by atoms with Crippen molar-refractivity contribution in [3.8, 4) is 5.75 Å². The fourth-order valence-corrected chi connectivity index (χ4v) is 2.11. The molecule has 1 heterocycles. The van der Waals surface area contributed by atoms with Crippen LogP contribution in [-0.2, 0) is 4.79 Å². The highest BCUT2D eigenvalue weighted by Gasteiger charge is 2.02. The number of ether oxygens (including phenoxy) is 1. The van der Waals surface area contributed by atoms with Gasteiger partial charge in [-0.25, -0.2) is 5.43 Å². The van der Waals surface area contributed by atoms with Gasteiger partial charge >= 0.3 is 0 Å². The van der Waals surface area contributed by atoms with Crippen LogP contribution in [0.4, 0.5) is 0 Å². The molecular formula is C19H16N2O3. The summed E-state index contributed by atoms with van der Waals surface area (Å²) in [5.41, 5.74) is 2.39. The van der Waals surface area contributed by atoms with Crippen molar-refractivity contribution in [1.82, 2.24) is 5.43 Å². The number of benzene rings is 2. The number of nitrogens with zero attached hydrogens (tertiary/aromatic N) is 1. The number of carbonyl (C=O) groups excluding carboxylic acids is 1. The Morgan fingerprint density at radius 1 is 1.12 bits per heavy atom. The molecule has 0 saturated carbocycles. The lowest BCUT2D eigenvalue weighted by Gasteiger charge is -2.06. The van der Waals surface area contributed by atoms with E-state index in [9.17, 15) is 4.79 Å². The van der Waals surface area contributed by atoms with E-state index in [1.807, 2.05) is 48.5 Å². The molecule has 0 saturated heterocycles. The van der Waals surface area contributed by atoms with Crippen LogP contribution in [0.3, 0.4) is 0 Å². The fourth-order valence-electron chi connectivity index (χ4n) is 2.11. The first-order chi connectivity index (χ1) is 11.8. The van der Waals surface area contributed by atoms with Crippen molar-refractivity contribution in [2.75, 3.05) is 6.61 Å². The molecule has 0 spiro atoms. The molecule has 1 amide bonds. The summed E-state index contributed by atoms with van der Waals surface area (Å²) in [6.07, 6.45) is 6.46. The molecule has 120 valence electrons. The van der Waals surface area contributed by atoms with Gasteiger partial charge in [0.1, 0.15) is 11.5 Å². The Labute approximate surface area is 139 Å². The van der Waals surface area contributed by atoms with E-state index in [-0.39, 0.29) is 12.5 Å². The normalized spacial score (nSPS) is 11.3. The first-order valence-corrected chi connectivity index (χ1v) is 7.45. The van der Waals surface area contributed by atoms with Crippen LogP contribution in [-0.4, -0.2) is 18.7 Å². The highest BCUT2D eigenvalue weighted by Crippen LogP contribution is 2.20. The molecular weight excluding hydrogens is 304 g/mol. The predicted octanol–water partition coefficient (Wildman–Crippen LogP) is 3.63. The lowest BCUT2D eigenvalue weighted by Crippen LogP contribution is -2.24. The third-order valence-corrected chi connectivity index (χ3v) is 3.24. The summed E-state index contributed by atoms with van der Waals surface area (Å²) >= 11 is 0. The van der Waals surface area contributed by atoms with Gasteiger partial charge in [0, 0.05) is 6.21 Å². The van der Waals surface area contributed by atoms with Crippen molar-refractivity contribution in [2.24, 2.45) is 5.10 Å². The lowest BCUT2D eigenvalue weighted by molar-refractivity contribution is -0.123. The maximum absolute atomic E-state index is 11.7. The topological polar surface area (TPSA) is 63.8 Å². The summed E-state index contributed by atoms with van der Waals surface area (Å²) in [7, 11) is 0. The monoisotopic (exact) mass is 320 g/mol. The number of hydrogen-bond acceptors (Lipinski definition) is 4. The number of carbonyl (C=O) groups is 1. The van der Waals surface area contributed by atoms with Gasteiger partial charge in [0.05, 0.1) is 6.26 Å². The largest absolute Gasteiger partial charge is 0.484 e. The molecule has 0 unspecified atom stereocenters. The van der Waals surface area contributed by atoms with Gasteiger partial charge in [0.25, 0.3) is 5.91 Å². The second-order valence-corrected chi connectivity index (χ2v) is 4.99. The molecule has 0 aliphatic carbocycles. The zero-order valence-corrected chi connectivity index (χ0v) is 12.9. The standard InChI is InChI=1S/C19H16N2O3/c22-19(21-20-11-3-7-17-8-4-12-23-17)14-24-18-10-9-15-5-1-2-6-16(15)13-18/h1-13H,14H2,(H,21,22). The number of hydrazone groups is 1. The Morgan fingerprint density at radius 3 is 2.83 bits per heavy atom. The van der Waals surface area contributed by atoms with E-state index in [0.717, 1.165) is 10.8 Å². The van der Waals surface area contributed by atoms with Gasteiger partial charge in [-0.3, -0.25) is 4.79 Å². The highest BCUT2D eigenvalue weighted by atomic mass is 16.5. The molecule has 1 N–H and O–H groups in total. The molecule has 0 aliphatic heterocycles. The molecule has 1 aromatic heterocycles. The molecule has 0 atom stereocenters. The molecule has 0 radical (unpaired) electrons. The van der Waals surface area contributed by atoms with Crippen LogP contribution in [0.2, 0.25) is 0 Å². The summed E-state index contributed by atoms with van der Waals surface area (Å²) in [5.74, 6) is 1.03. The first kappa shape index (κ1) is 15.6. The third-order valence-electron chi connectivity index (χ3n) is 3.24. The van der Waals surface area contributed by atoms with Gasteiger partial charge in [0.2, 0.25) is 0 Å². The van der Waals surface area contributed by atoms with Crippen LogP contribution >= 0.6 is 0 Å². The summed E-state index contributed by atoms with van der Waals surface area (Å²) in [6.45, 7) is -0.0996. The number of fused-ring (bicyclic) bond motifs is 1. The predicted molar refractivity (Wildman–Crippen MR) is 93.8 cm³/mol. The van der Waals surface area contributed by atoms with Gasteiger partial charge < -0.3 is 9.15 Å². The van der Waals surface area contributed by atoms with Crippen molar-refractivity contribution in [1.29, 1.82) is 0 Å². The van der Waals surface area contributed by atoms with E-state index in [2.05, 4.69) is 10.5 Å². The van der Waals surface area contributed by atoms with Gasteiger partial charge in [-0.1, -0.05) is 30.3 Å². The van der Waals surface area contributed by atoms with Gasteiger partial charge in [0.15, 0.2) is 6.61 Å². The minimum Gasteiger partial charge on any atom is -0.484 e. The number of furan rings is 1. The molecule has 5 nitrogen and oxygen atoms in total. The second kappa shape index (κ2) is 7.78. The average Bonchev–Trinajstić information content (AvgIpc) is 3.13. The second-order valence-electron chi connectivity index (χ2n) is 4.99. The molecule has 2 aromatic carbocycles. The summed E-state index contributed by atoms with van der Waals surface area (Å²) in [4.78, 5) is 11.7. The number of nitrogens with one attached hydrogen (secondary N) is 1. The molecule has 3 rings (SSSR count). The molecule has 5 heteroatoms. The van der Waals surface area contributed by atoms with E-state index in [1.165, 1.54) is 6.21 Å². The van der Waals surface area contributed by atoms with Crippen molar-refractivity contribution < 1.29 is 13.9 Å². The number of hydrogen-bond donors (Lipinski definition) is 1. The SMILES string of the molecule is O=C(COc1ccc2ccccc2c1)NN=CC=Cc1ccco1. The van der Waals surface area contributed by atoms with Crippen LogP contribution in [0.15, 0.2) is 76.5 Å². The van der Waals surface area contributed by atoms with Crippen molar-refractivity contribution in [3.05, 3.63) is 72.7 Å². The van der Waals surface area contributed by atoms with Crippen LogP contribution in [0.1, 0.15) is 5.76 Å². The van der Waals surface area contributed by atoms with Crippen LogP contribution in [0.25, 0.3) is 16.8 Å². The lowest BCUT2D eigenvalue weighted by atomic mass is 10.1. The Bertz CT molecular complexity index is 867. The molecule has 3 aromatic rings. The number of amides is 1. The molecule has 24 heavy (non-hydrogen) atoms. The highest BCUT2D eigenvalue weighted by molar-refractivity contribution is 5.84. The molecule has 0 bridgehead atoms. The fraction of sp³-hybridized carbons (Fsp3) is 0.0526. The Balaban J connectivity index is 1.46. The Morgan fingerprint density at radius 2 is 2.00 bits per heavy atom. The Hall–Kier alpha value is -3.34. The summed E-state index contributed by atoms with van der Waals surface area (Å²) < 4.78 is 10.6. The van der Waals surface area contributed by atoms with Gasteiger partial charge in [-0.2, -0.15) is 5.10 Å². The van der Waals surface area contributed by atoms with Gasteiger partial charge in [-0.15, -0.1) is 0 Å². The van der Waals surface area contributed by atoms with E-state index < -0.39 is 0 Å². The number of rotatable bonds is 6. The van der Waals surface area contributed by atoms with Gasteiger partial charge in [-0.05, 0) is 47.2 Å². The first-order valence-electron chi connectivity index (χ1n) is 7.45. The van der Waals surface area contributed by atoms with Crippen LogP contribution in [0.5, 0.6) is 5.75 Å². The van der Waals surface area contributed by atoms with E-state index in [4.69, 9.17) is 9.15 Å². The van der Waals surface area contributed by atoms with Crippen LogP contribution in [0, 0.1) is 0 Å². The maximum atomic E-state index is 11.7. The van der Waals surface area contributed by atoms with Crippen molar-refractivity contribution >= 4 is 29.0 Å². The zero-order valence-electron chi connectivity index (χ0n) is 12.9. The summed E-state index contributed by atoms with van der Waals surface area (Å²) in [6, 6.07) is 17.3. The minimum atomic E-state index is -0.328. The van der Waals surface area contributed by atoms with Crippen molar-refractivity contribution in [3.63, 3.8) is 0 Å². The quantitative estimate of drug-likeness (QED) is 0.557.